The Hall–Kier alpha value is -0.610. The molecule has 0 heterocycles. The van der Waals surface area contributed by atoms with Crippen molar-refractivity contribution in [3.8, 4) is 0 Å². The summed E-state index contributed by atoms with van der Waals surface area (Å²) in [7, 11) is 5.65. The molecule has 0 spiro atoms. The van der Waals surface area contributed by atoms with Crippen molar-refractivity contribution < 1.29 is 4.79 Å². The van der Waals surface area contributed by atoms with E-state index in [0.717, 1.165) is 6.54 Å². The third kappa shape index (κ3) is 3.46. The largest absolute Gasteiger partial charge is 0.348 e. The summed E-state index contributed by atoms with van der Waals surface area (Å²) in [6.07, 6.45) is 4.94. The number of hydrogen-bond donors (Lipinski definition) is 1. The monoisotopic (exact) mass is 227 g/mol. The lowest BCUT2D eigenvalue weighted by Gasteiger charge is -2.37. The zero-order valence-electron chi connectivity index (χ0n) is 10.8. The van der Waals surface area contributed by atoms with Gasteiger partial charge in [0, 0.05) is 20.1 Å². The molecule has 1 rings (SSSR count). The molecule has 0 aromatic carbocycles. The first-order valence-electron chi connectivity index (χ1n) is 6.16. The summed E-state index contributed by atoms with van der Waals surface area (Å²) in [5.41, 5.74) is 5.80. The minimum absolute atomic E-state index is 0.170. The quantitative estimate of drug-likeness (QED) is 0.762. The van der Waals surface area contributed by atoms with Crippen molar-refractivity contribution in [3.63, 3.8) is 0 Å². The van der Waals surface area contributed by atoms with Crippen molar-refractivity contribution in [3.05, 3.63) is 0 Å². The van der Waals surface area contributed by atoms with Crippen LogP contribution < -0.4 is 5.73 Å². The molecule has 1 aliphatic rings. The van der Waals surface area contributed by atoms with Crippen molar-refractivity contribution in [2.75, 3.05) is 34.2 Å². The highest BCUT2D eigenvalue weighted by Gasteiger charge is 2.28. The lowest BCUT2D eigenvalue weighted by Crippen LogP contribution is -2.46. The number of carbonyl (C=O) groups excluding carboxylic acids is 1. The average molecular weight is 227 g/mol. The van der Waals surface area contributed by atoms with Gasteiger partial charge in [-0.2, -0.15) is 0 Å². The van der Waals surface area contributed by atoms with E-state index in [-0.39, 0.29) is 5.91 Å². The summed E-state index contributed by atoms with van der Waals surface area (Å²) in [4.78, 5) is 15.5. The molecule has 0 saturated heterocycles. The molecule has 4 nitrogen and oxygen atoms in total. The molecule has 0 bridgehead atoms. The van der Waals surface area contributed by atoms with E-state index in [0.29, 0.717) is 18.5 Å². The Morgan fingerprint density at radius 2 is 1.88 bits per heavy atom. The molecule has 2 atom stereocenters. The molecule has 16 heavy (non-hydrogen) atoms. The number of nitrogens with zero attached hydrogens (tertiary/aromatic N) is 2. The Morgan fingerprint density at radius 3 is 2.44 bits per heavy atom. The highest BCUT2D eigenvalue weighted by molar-refractivity contribution is 5.77. The lowest BCUT2D eigenvalue weighted by atomic mass is 9.84. The van der Waals surface area contributed by atoms with Gasteiger partial charge in [-0.25, -0.2) is 0 Å². The van der Waals surface area contributed by atoms with Crippen molar-refractivity contribution in [1.82, 2.24) is 9.80 Å². The zero-order chi connectivity index (χ0) is 12.1. The second-order valence-electron chi connectivity index (χ2n) is 5.05. The molecule has 2 unspecified atom stereocenters. The average Bonchev–Trinajstić information content (AvgIpc) is 2.28. The Balaban J connectivity index is 2.50. The van der Waals surface area contributed by atoms with Gasteiger partial charge in [0.2, 0.25) is 5.91 Å². The molecule has 0 radical (unpaired) electrons. The fourth-order valence-electron chi connectivity index (χ4n) is 2.52. The predicted octanol–water partition coefficient (Wildman–Crippen LogP) is 0.524. The highest BCUT2D eigenvalue weighted by atomic mass is 16.2. The van der Waals surface area contributed by atoms with Crippen molar-refractivity contribution in [2.45, 2.75) is 31.7 Å². The molecule has 94 valence electrons. The van der Waals surface area contributed by atoms with Gasteiger partial charge < -0.3 is 10.6 Å². The number of carbonyl (C=O) groups is 1. The van der Waals surface area contributed by atoms with Crippen LogP contribution in [0, 0.1) is 5.92 Å². The molecular formula is C12H25N3O. The van der Waals surface area contributed by atoms with E-state index in [1.807, 2.05) is 7.05 Å². The molecule has 1 aliphatic carbocycles. The number of hydrogen-bond acceptors (Lipinski definition) is 3. The van der Waals surface area contributed by atoms with Gasteiger partial charge in [-0.3, -0.25) is 9.69 Å². The van der Waals surface area contributed by atoms with Gasteiger partial charge in [0.1, 0.15) is 0 Å². The van der Waals surface area contributed by atoms with Gasteiger partial charge in [0.15, 0.2) is 0 Å². The molecule has 0 aromatic heterocycles. The highest BCUT2D eigenvalue weighted by Crippen LogP contribution is 2.26. The van der Waals surface area contributed by atoms with Gasteiger partial charge in [-0.1, -0.05) is 12.8 Å². The summed E-state index contributed by atoms with van der Waals surface area (Å²) in [6.45, 7) is 1.25. The predicted molar refractivity (Wildman–Crippen MR) is 66.1 cm³/mol. The summed E-state index contributed by atoms with van der Waals surface area (Å²) in [5.74, 6) is 0.734. The molecule has 0 aliphatic heterocycles. The third-order valence-electron chi connectivity index (χ3n) is 3.62. The van der Waals surface area contributed by atoms with Gasteiger partial charge in [0.05, 0.1) is 6.54 Å². The smallest absolute Gasteiger partial charge is 0.236 e. The van der Waals surface area contributed by atoms with Crippen LogP contribution in [0.3, 0.4) is 0 Å². The maximum absolute atomic E-state index is 11.6. The maximum atomic E-state index is 11.6. The second-order valence-corrected chi connectivity index (χ2v) is 5.05. The van der Waals surface area contributed by atoms with E-state index in [1.165, 1.54) is 25.7 Å². The van der Waals surface area contributed by atoms with E-state index in [1.54, 1.807) is 19.0 Å². The molecule has 0 aromatic rings. The summed E-state index contributed by atoms with van der Waals surface area (Å²) in [6, 6.07) is 0.489. The molecule has 4 heteroatoms. The van der Waals surface area contributed by atoms with E-state index < -0.39 is 0 Å². The van der Waals surface area contributed by atoms with Crippen molar-refractivity contribution in [2.24, 2.45) is 11.7 Å². The number of rotatable bonds is 4. The Morgan fingerprint density at radius 1 is 1.25 bits per heavy atom. The van der Waals surface area contributed by atoms with Crippen LogP contribution in [-0.4, -0.2) is 56.0 Å². The van der Waals surface area contributed by atoms with Gasteiger partial charge in [0.25, 0.3) is 0 Å². The number of likely N-dealkylation sites (N-methyl/N-ethyl adjacent to an activating group) is 2. The van der Waals surface area contributed by atoms with Gasteiger partial charge in [-0.05, 0) is 32.4 Å². The maximum Gasteiger partial charge on any atom is 0.236 e. The summed E-state index contributed by atoms with van der Waals surface area (Å²) in [5, 5.41) is 0. The third-order valence-corrected chi connectivity index (χ3v) is 3.62. The van der Waals surface area contributed by atoms with E-state index in [2.05, 4.69) is 4.90 Å². The van der Waals surface area contributed by atoms with E-state index in [4.69, 9.17) is 5.73 Å². The van der Waals surface area contributed by atoms with Crippen LogP contribution in [-0.2, 0) is 4.79 Å². The lowest BCUT2D eigenvalue weighted by molar-refractivity contribution is -0.130. The standard InChI is InChI=1S/C12H25N3O/c1-14(2)12(16)9-15(3)11-7-5-4-6-10(11)8-13/h10-11H,4-9,13H2,1-3H3. The molecule has 2 N–H and O–H groups in total. The van der Waals surface area contributed by atoms with Crippen molar-refractivity contribution in [1.29, 1.82) is 0 Å². The first kappa shape index (κ1) is 13.5. The SMILES string of the molecule is CN(C)C(=O)CN(C)C1CCCCC1CN. The summed E-state index contributed by atoms with van der Waals surface area (Å²) < 4.78 is 0. The zero-order valence-corrected chi connectivity index (χ0v) is 10.8. The van der Waals surface area contributed by atoms with Crippen LogP contribution in [0.25, 0.3) is 0 Å². The Kier molecular flexibility index (Phi) is 5.22. The molecule has 1 saturated carbocycles. The van der Waals surface area contributed by atoms with Crippen LogP contribution in [0.4, 0.5) is 0 Å². The van der Waals surface area contributed by atoms with E-state index in [9.17, 15) is 4.79 Å². The first-order valence-corrected chi connectivity index (χ1v) is 6.16. The Bertz CT molecular complexity index is 230. The van der Waals surface area contributed by atoms with Crippen molar-refractivity contribution >= 4 is 5.91 Å². The fraction of sp³-hybridized carbons (Fsp3) is 0.917. The molecule has 1 fully saturated rings. The number of amides is 1. The second kappa shape index (κ2) is 6.21. The van der Waals surface area contributed by atoms with Crippen LogP contribution in [0.15, 0.2) is 0 Å². The molecule has 1 amide bonds. The number of nitrogens with two attached hydrogens (primary N) is 1. The Labute approximate surface area is 98.8 Å². The minimum Gasteiger partial charge on any atom is -0.348 e. The topological polar surface area (TPSA) is 49.6 Å². The van der Waals surface area contributed by atoms with Crippen LogP contribution >= 0.6 is 0 Å². The van der Waals surface area contributed by atoms with E-state index >= 15 is 0 Å². The van der Waals surface area contributed by atoms with Gasteiger partial charge in [-0.15, -0.1) is 0 Å². The van der Waals surface area contributed by atoms with Gasteiger partial charge >= 0.3 is 0 Å². The first-order chi connectivity index (χ1) is 7.56. The summed E-state index contributed by atoms with van der Waals surface area (Å²) >= 11 is 0. The minimum atomic E-state index is 0.170. The normalized spacial score (nSPS) is 25.8. The molecular weight excluding hydrogens is 202 g/mol. The fourth-order valence-corrected chi connectivity index (χ4v) is 2.52. The van der Waals surface area contributed by atoms with Crippen LogP contribution in [0.2, 0.25) is 0 Å². The van der Waals surface area contributed by atoms with Crippen LogP contribution in [0.1, 0.15) is 25.7 Å². The van der Waals surface area contributed by atoms with Crippen LogP contribution in [0.5, 0.6) is 0 Å².